The summed E-state index contributed by atoms with van der Waals surface area (Å²) in [4.78, 5) is 35.7. The number of imide groups is 1. The van der Waals surface area contributed by atoms with Gasteiger partial charge in [-0.1, -0.05) is 0 Å². The Morgan fingerprint density at radius 3 is 2.57 bits per heavy atom. The number of carbonyl (C=O) groups excluding carboxylic acids is 2. The summed E-state index contributed by atoms with van der Waals surface area (Å²) in [6.45, 7) is 0.231. The van der Waals surface area contributed by atoms with Crippen LogP contribution < -0.4 is 10.2 Å². The molecule has 0 aliphatic carbocycles. The van der Waals surface area contributed by atoms with Crippen LogP contribution in [-0.2, 0) is 4.79 Å². The summed E-state index contributed by atoms with van der Waals surface area (Å²) in [6, 6.07) is 2.40. The van der Waals surface area contributed by atoms with Crippen molar-refractivity contribution in [2.24, 2.45) is 0 Å². The number of nitrogens with one attached hydrogen (secondary N) is 1. The van der Waals surface area contributed by atoms with Crippen molar-refractivity contribution in [1.29, 1.82) is 0 Å². The highest BCUT2D eigenvalue weighted by molar-refractivity contribution is 6.13. The van der Waals surface area contributed by atoms with E-state index < -0.39 is 12.0 Å². The molecule has 8 nitrogen and oxygen atoms in total. The van der Waals surface area contributed by atoms with Crippen LogP contribution in [0.15, 0.2) is 24.5 Å². The zero-order chi connectivity index (χ0) is 15.0. The first kappa shape index (κ1) is 13.0. The second-order valence-corrected chi connectivity index (χ2v) is 4.51. The number of benzene rings is 1. The molecule has 3 rings (SSSR count). The molecule has 2 N–H and O–H groups in total. The molecule has 106 valence electrons. The Morgan fingerprint density at radius 1 is 1.19 bits per heavy atom. The number of carboxylic acid groups (broad SMARTS) is 1. The van der Waals surface area contributed by atoms with E-state index in [1.807, 2.05) is 0 Å². The van der Waals surface area contributed by atoms with Gasteiger partial charge in [0.15, 0.2) is 0 Å². The standard InChI is InChI=1S/C13H10N4O4/c18-11-3-4-17(13(21)16-11)10-2-1-7(12(19)20)8-5-14-15-6-9(8)10/h1-2,5-6H,3-4H2,(H,19,20)(H,16,18,21). The van der Waals surface area contributed by atoms with E-state index in [1.165, 1.54) is 29.4 Å². The summed E-state index contributed by atoms with van der Waals surface area (Å²) >= 11 is 0. The van der Waals surface area contributed by atoms with Crippen LogP contribution in [0.3, 0.4) is 0 Å². The van der Waals surface area contributed by atoms with Gasteiger partial charge < -0.3 is 5.11 Å². The first-order chi connectivity index (χ1) is 10.1. The monoisotopic (exact) mass is 286 g/mol. The van der Waals surface area contributed by atoms with Gasteiger partial charge in [0, 0.05) is 23.7 Å². The fourth-order valence-corrected chi connectivity index (χ4v) is 2.30. The largest absolute Gasteiger partial charge is 0.478 e. The number of rotatable bonds is 2. The minimum Gasteiger partial charge on any atom is -0.478 e. The predicted molar refractivity (Wildman–Crippen MR) is 72.0 cm³/mol. The van der Waals surface area contributed by atoms with Crippen LogP contribution in [0.1, 0.15) is 16.8 Å². The molecule has 21 heavy (non-hydrogen) atoms. The molecule has 1 fully saturated rings. The van der Waals surface area contributed by atoms with Crippen molar-refractivity contribution in [2.75, 3.05) is 11.4 Å². The number of anilines is 1. The fraction of sp³-hybridized carbons (Fsp3) is 0.154. The molecule has 0 bridgehead atoms. The Hall–Kier alpha value is -3.03. The van der Waals surface area contributed by atoms with E-state index >= 15 is 0 Å². The van der Waals surface area contributed by atoms with Gasteiger partial charge in [0.1, 0.15) is 0 Å². The number of hydrogen-bond acceptors (Lipinski definition) is 5. The molecule has 3 amide bonds. The Bertz CT molecular complexity index is 774. The van der Waals surface area contributed by atoms with Gasteiger partial charge in [-0.05, 0) is 12.1 Å². The van der Waals surface area contributed by atoms with Gasteiger partial charge in [0.05, 0.1) is 23.6 Å². The first-order valence-corrected chi connectivity index (χ1v) is 6.16. The van der Waals surface area contributed by atoms with Gasteiger partial charge in [-0.3, -0.25) is 15.0 Å². The molecule has 1 saturated heterocycles. The van der Waals surface area contributed by atoms with Gasteiger partial charge in [-0.2, -0.15) is 10.2 Å². The molecule has 1 aliphatic rings. The SMILES string of the molecule is O=C1CCN(c2ccc(C(=O)O)c3cnncc23)C(=O)N1. The summed E-state index contributed by atoms with van der Waals surface area (Å²) < 4.78 is 0. The molecule has 1 aromatic heterocycles. The Kier molecular flexibility index (Phi) is 2.98. The number of carboxylic acids is 1. The van der Waals surface area contributed by atoms with Gasteiger partial charge in [0.25, 0.3) is 0 Å². The van der Waals surface area contributed by atoms with Crippen molar-refractivity contribution in [3.8, 4) is 0 Å². The molecule has 0 atom stereocenters. The van der Waals surface area contributed by atoms with Crippen LogP contribution in [0, 0.1) is 0 Å². The van der Waals surface area contributed by atoms with Crippen molar-refractivity contribution >= 4 is 34.4 Å². The normalized spacial score (nSPS) is 15.1. The number of urea groups is 1. The smallest absolute Gasteiger partial charge is 0.336 e. The molecular formula is C13H10N4O4. The lowest BCUT2D eigenvalue weighted by molar-refractivity contribution is -0.120. The van der Waals surface area contributed by atoms with Crippen LogP contribution >= 0.6 is 0 Å². The van der Waals surface area contributed by atoms with Gasteiger partial charge >= 0.3 is 12.0 Å². The molecule has 0 spiro atoms. The lowest BCUT2D eigenvalue weighted by Crippen LogP contribution is -2.49. The molecule has 1 aromatic carbocycles. The van der Waals surface area contributed by atoms with E-state index in [9.17, 15) is 19.5 Å². The van der Waals surface area contributed by atoms with Crippen LogP contribution in [0.4, 0.5) is 10.5 Å². The number of aromatic carboxylic acids is 1. The van der Waals surface area contributed by atoms with Crippen molar-refractivity contribution in [3.63, 3.8) is 0 Å². The third-order valence-corrected chi connectivity index (χ3v) is 3.28. The Morgan fingerprint density at radius 2 is 1.90 bits per heavy atom. The number of nitrogens with zero attached hydrogens (tertiary/aromatic N) is 3. The summed E-state index contributed by atoms with van der Waals surface area (Å²) in [6.07, 6.45) is 2.93. The quantitative estimate of drug-likeness (QED) is 0.843. The van der Waals surface area contributed by atoms with E-state index in [1.54, 1.807) is 0 Å². The fourth-order valence-electron chi connectivity index (χ4n) is 2.30. The van der Waals surface area contributed by atoms with Crippen molar-refractivity contribution in [3.05, 3.63) is 30.1 Å². The molecular weight excluding hydrogens is 276 g/mol. The van der Waals surface area contributed by atoms with Crippen molar-refractivity contribution < 1.29 is 19.5 Å². The Labute approximate surface area is 118 Å². The molecule has 0 radical (unpaired) electrons. The summed E-state index contributed by atoms with van der Waals surface area (Å²) in [5.41, 5.74) is 0.576. The van der Waals surface area contributed by atoms with Crippen LogP contribution in [0.25, 0.3) is 10.8 Å². The van der Waals surface area contributed by atoms with E-state index in [2.05, 4.69) is 15.5 Å². The van der Waals surface area contributed by atoms with Crippen LogP contribution in [-0.4, -0.2) is 39.8 Å². The highest BCUT2D eigenvalue weighted by atomic mass is 16.4. The molecule has 1 aliphatic heterocycles. The maximum absolute atomic E-state index is 11.9. The number of hydrogen-bond donors (Lipinski definition) is 2. The number of carbonyl (C=O) groups is 3. The minimum absolute atomic E-state index is 0.0807. The van der Waals surface area contributed by atoms with E-state index in [0.717, 1.165) is 0 Å². The average Bonchev–Trinajstić information content (AvgIpc) is 2.46. The van der Waals surface area contributed by atoms with Crippen LogP contribution in [0.5, 0.6) is 0 Å². The topological polar surface area (TPSA) is 112 Å². The molecule has 8 heteroatoms. The zero-order valence-electron chi connectivity index (χ0n) is 10.7. The summed E-state index contributed by atoms with van der Waals surface area (Å²) in [5.74, 6) is -1.42. The van der Waals surface area contributed by atoms with E-state index in [-0.39, 0.29) is 24.4 Å². The average molecular weight is 286 g/mol. The summed E-state index contributed by atoms with van der Waals surface area (Å²) in [7, 11) is 0. The van der Waals surface area contributed by atoms with Crippen LogP contribution in [0.2, 0.25) is 0 Å². The molecule has 2 heterocycles. The molecule has 0 unspecified atom stereocenters. The Balaban J connectivity index is 2.16. The summed E-state index contributed by atoms with van der Waals surface area (Å²) in [5, 5.41) is 19.7. The molecule has 2 aromatic rings. The van der Waals surface area contributed by atoms with Gasteiger partial charge in [-0.15, -0.1) is 0 Å². The first-order valence-electron chi connectivity index (χ1n) is 6.16. The number of aromatic nitrogens is 2. The van der Waals surface area contributed by atoms with Gasteiger partial charge in [0.2, 0.25) is 5.91 Å². The third-order valence-electron chi connectivity index (χ3n) is 3.28. The highest BCUT2D eigenvalue weighted by Crippen LogP contribution is 2.29. The molecule has 0 saturated carbocycles. The second-order valence-electron chi connectivity index (χ2n) is 4.51. The van der Waals surface area contributed by atoms with Gasteiger partial charge in [-0.25, -0.2) is 9.59 Å². The number of amides is 3. The van der Waals surface area contributed by atoms with Crippen molar-refractivity contribution in [1.82, 2.24) is 15.5 Å². The highest BCUT2D eigenvalue weighted by Gasteiger charge is 2.26. The maximum atomic E-state index is 11.9. The minimum atomic E-state index is -1.09. The lowest BCUT2D eigenvalue weighted by Gasteiger charge is -2.27. The zero-order valence-corrected chi connectivity index (χ0v) is 10.7. The lowest BCUT2D eigenvalue weighted by atomic mass is 10.0. The van der Waals surface area contributed by atoms with Crippen molar-refractivity contribution in [2.45, 2.75) is 6.42 Å². The number of fused-ring (bicyclic) bond motifs is 1. The van der Waals surface area contributed by atoms with E-state index in [0.29, 0.717) is 16.5 Å². The maximum Gasteiger partial charge on any atom is 0.336 e. The second kappa shape index (κ2) is 4.82. The predicted octanol–water partition coefficient (Wildman–Crippen LogP) is 0.774. The third kappa shape index (κ3) is 2.16. The van der Waals surface area contributed by atoms with E-state index in [4.69, 9.17) is 0 Å².